The summed E-state index contributed by atoms with van der Waals surface area (Å²) in [5.41, 5.74) is 3.77. The van der Waals surface area contributed by atoms with Crippen molar-refractivity contribution in [2.45, 2.75) is 26.4 Å². The largest absolute Gasteiger partial charge is 0.370 e. The average molecular weight is 272 g/mol. The molecule has 20 heavy (non-hydrogen) atoms. The molecule has 1 aromatic heterocycles. The molecule has 0 aliphatic carbocycles. The van der Waals surface area contributed by atoms with Crippen LogP contribution in [-0.4, -0.2) is 23.4 Å². The van der Waals surface area contributed by atoms with E-state index in [9.17, 15) is 0 Å². The first-order chi connectivity index (χ1) is 9.60. The van der Waals surface area contributed by atoms with Crippen LogP contribution in [0.2, 0.25) is 0 Å². The van der Waals surface area contributed by atoms with Gasteiger partial charge >= 0.3 is 0 Å². The third-order valence-electron chi connectivity index (χ3n) is 3.52. The Morgan fingerprint density at radius 3 is 2.55 bits per heavy atom. The number of hydrogen-bond donors (Lipinski definition) is 1. The molecule has 0 spiro atoms. The van der Waals surface area contributed by atoms with Crippen molar-refractivity contribution in [3.05, 3.63) is 47.8 Å². The third-order valence-corrected chi connectivity index (χ3v) is 3.52. The molecule has 1 unspecified atom stereocenters. The molecule has 2 aromatic rings. The highest BCUT2D eigenvalue weighted by atomic mass is 15.2. The van der Waals surface area contributed by atoms with E-state index in [-0.39, 0.29) is 0 Å². The van der Waals surface area contributed by atoms with Gasteiger partial charge in [0.25, 0.3) is 0 Å². The molecule has 1 atom stereocenters. The number of nitrogens with zero attached hydrogens (tertiary/aromatic N) is 3. The maximum Gasteiger partial charge on any atom is 0.0539 e. The standard InChI is InChI=1S/C16H24N4/c1-5-17-13(2)15-6-8-16(9-7-15)19(3)11-14-10-18-20(4)12-14/h6-10,12-13,17H,5,11H2,1-4H3. The molecular weight excluding hydrogens is 248 g/mol. The Labute approximate surface area is 121 Å². The lowest BCUT2D eigenvalue weighted by atomic mass is 10.1. The van der Waals surface area contributed by atoms with Crippen molar-refractivity contribution in [2.24, 2.45) is 7.05 Å². The smallest absolute Gasteiger partial charge is 0.0539 e. The Balaban J connectivity index is 2.01. The van der Waals surface area contributed by atoms with Crippen LogP contribution in [0.1, 0.15) is 31.0 Å². The maximum atomic E-state index is 4.20. The van der Waals surface area contributed by atoms with Gasteiger partial charge in [0.2, 0.25) is 0 Å². The first-order valence-corrected chi connectivity index (χ1v) is 7.12. The molecule has 0 amide bonds. The lowest BCUT2D eigenvalue weighted by Gasteiger charge is -2.20. The molecule has 1 N–H and O–H groups in total. The molecule has 0 saturated carbocycles. The van der Waals surface area contributed by atoms with Crippen LogP contribution < -0.4 is 10.2 Å². The number of aryl methyl sites for hydroxylation is 1. The molecule has 4 nitrogen and oxygen atoms in total. The van der Waals surface area contributed by atoms with Gasteiger partial charge in [-0.3, -0.25) is 4.68 Å². The number of anilines is 1. The van der Waals surface area contributed by atoms with Crippen LogP contribution in [0.4, 0.5) is 5.69 Å². The van der Waals surface area contributed by atoms with Crippen molar-refractivity contribution in [1.82, 2.24) is 15.1 Å². The molecule has 4 heteroatoms. The van der Waals surface area contributed by atoms with Crippen molar-refractivity contribution < 1.29 is 0 Å². The zero-order valence-electron chi connectivity index (χ0n) is 12.8. The van der Waals surface area contributed by atoms with Gasteiger partial charge in [0.05, 0.1) is 6.20 Å². The monoisotopic (exact) mass is 272 g/mol. The van der Waals surface area contributed by atoms with Gasteiger partial charge in [-0.15, -0.1) is 0 Å². The highest BCUT2D eigenvalue weighted by Crippen LogP contribution is 2.19. The third kappa shape index (κ3) is 3.61. The first-order valence-electron chi connectivity index (χ1n) is 7.12. The summed E-state index contributed by atoms with van der Waals surface area (Å²) < 4.78 is 1.84. The van der Waals surface area contributed by atoms with E-state index in [0.717, 1.165) is 13.1 Å². The quantitative estimate of drug-likeness (QED) is 0.877. The molecule has 0 saturated heterocycles. The topological polar surface area (TPSA) is 33.1 Å². The number of aromatic nitrogens is 2. The van der Waals surface area contributed by atoms with Crippen LogP contribution >= 0.6 is 0 Å². The van der Waals surface area contributed by atoms with Crippen molar-refractivity contribution in [2.75, 3.05) is 18.5 Å². The Hall–Kier alpha value is -1.81. The minimum Gasteiger partial charge on any atom is -0.370 e. The molecule has 0 aliphatic rings. The summed E-state index contributed by atoms with van der Waals surface area (Å²) in [6.07, 6.45) is 3.97. The molecule has 2 rings (SSSR count). The van der Waals surface area contributed by atoms with Crippen molar-refractivity contribution in [3.8, 4) is 0 Å². The Kier molecular flexibility index (Phi) is 4.79. The van der Waals surface area contributed by atoms with E-state index in [1.165, 1.54) is 16.8 Å². The zero-order valence-corrected chi connectivity index (χ0v) is 12.8. The molecule has 1 aromatic carbocycles. The molecule has 1 heterocycles. The van der Waals surface area contributed by atoms with Crippen LogP contribution in [0.15, 0.2) is 36.7 Å². The van der Waals surface area contributed by atoms with E-state index >= 15 is 0 Å². The van der Waals surface area contributed by atoms with E-state index in [1.54, 1.807) is 0 Å². The van der Waals surface area contributed by atoms with Crippen LogP contribution in [0, 0.1) is 0 Å². The molecular formula is C16H24N4. The number of hydrogen-bond acceptors (Lipinski definition) is 3. The predicted molar refractivity (Wildman–Crippen MR) is 83.8 cm³/mol. The molecule has 108 valence electrons. The highest BCUT2D eigenvalue weighted by molar-refractivity contribution is 5.47. The predicted octanol–water partition coefficient (Wildman–Crippen LogP) is 2.73. The number of nitrogens with one attached hydrogen (secondary N) is 1. The van der Waals surface area contributed by atoms with Gasteiger partial charge in [-0.2, -0.15) is 5.10 Å². The summed E-state index contributed by atoms with van der Waals surface area (Å²) in [5, 5.41) is 7.63. The van der Waals surface area contributed by atoms with Crippen LogP contribution in [0.3, 0.4) is 0 Å². The fourth-order valence-corrected chi connectivity index (χ4v) is 2.36. The SMILES string of the molecule is CCNC(C)c1ccc(N(C)Cc2cnn(C)c2)cc1. The second kappa shape index (κ2) is 6.57. The lowest BCUT2D eigenvalue weighted by Crippen LogP contribution is -2.18. The van der Waals surface area contributed by atoms with Crippen molar-refractivity contribution in [3.63, 3.8) is 0 Å². The van der Waals surface area contributed by atoms with E-state index in [0.29, 0.717) is 6.04 Å². The van der Waals surface area contributed by atoms with E-state index in [1.807, 2.05) is 17.9 Å². The Bertz CT molecular complexity index is 530. The van der Waals surface area contributed by atoms with E-state index < -0.39 is 0 Å². The summed E-state index contributed by atoms with van der Waals surface area (Å²) in [7, 11) is 4.05. The summed E-state index contributed by atoms with van der Waals surface area (Å²) in [5.74, 6) is 0. The van der Waals surface area contributed by atoms with Gasteiger partial charge in [0.15, 0.2) is 0 Å². The normalized spacial score (nSPS) is 12.4. The van der Waals surface area contributed by atoms with Gasteiger partial charge in [-0.05, 0) is 31.2 Å². The van der Waals surface area contributed by atoms with E-state index in [4.69, 9.17) is 0 Å². The first kappa shape index (κ1) is 14.6. The summed E-state index contributed by atoms with van der Waals surface area (Å²) in [6, 6.07) is 9.15. The average Bonchev–Trinajstić information content (AvgIpc) is 2.84. The number of rotatable bonds is 6. The van der Waals surface area contributed by atoms with Gasteiger partial charge in [0, 0.05) is 44.1 Å². The van der Waals surface area contributed by atoms with Crippen molar-refractivity contribution >= 4 is 5.69 Å². The zero-order chi connectivity index (χ0) is 14.5. The van der Waals surface area contributed by atoms with Gasteiger partial charge in [0.1, 0.15) is 0 Å². The van der Waals surface area contributed by atoms with E-state index in [2.05, 4.69) is 66.7 Å². The second-order valence-corrected chi connectivity index (χ2v) is 5.25. The van der Waals surface area contributed by atoms with Gasteiger partial charge in [-0.25, -0.2) is 0 Å². The molecule has 0 radical (unpaired) electrons. The fraction of sp³-hybridized carbons (Fsp3) is 0.438. The molecule has 0 fully saturated rings. The highest BCUT2D eigenvalue weighted by Gasteiger charge is 2.06. The summed E-state index contributed by atoms with van der Waals surface area (Å²) >= 11 is 0. The maximum absolute atomic E-state index is 4.20. The fourth-order valence-electron chi connectivity index (χ4n) is 2.36. The minimum absolute atomic E-state index is 0.401. The second-order valence-electron chi connectivity index (χ2n) is 5.25. The van der Waals surface area contributed by atoms with Gasteiger partial charge in [-0.1, -0.05) is 19.1 Å². The molecule has 0 bridgehead atoms. The molecule has 0 aliphatic heterocycles. The van der Waals surface area contributed by atoms with Crippen molar-refractivity contribution in [1.29, 1.82) is 0 Å². The van der Waals surface area contributed by atoms with Crippen LogP contribution in [0.5, 0.6) is 0 Å². The van der Waals surface area contributed by atoms with Crippen LogP contribution in [-0.2, 0) is 13.6 Å². The Morgan fingerprint density at radius 2 is 2.00 bits per heavy atom. The number of benzene rings is 1. The Morgan fingerprint density at radius 1 is 1.30 bits per heavy atom. The van der Waals surface area contributed by atoms with Crippen LogP contribution in [0.25, 0.3) is 0 Å². The summed E-state index contributed by atoms with van der Waals surface area (Å²) in [4.78, 5) is 2.23. The lowest BCUT2D eigenvalue weighted by molar-refractivity contribution is 0.598. The minimum atomic E-state index is 0.401. The summed E-state index contributed by atoms with van der Waals surface area (Å²) in [6.45, 7) is 6.18. The van der Waals surface area contributed by atoms with Gasteiger partial charge < -0.3 is 10.2 Å².